The summed E-state index contributed by atoms with van der Waals surface area (Å²) in [7, 11) is -3.23. The van der Waals surface area contributed by atoms with Crippen molar-refractivity contribution in [2.75, 3.05) is 23.2 Å². The molecule has 1 aromatic carbocycles. The SMILES string of the molecule is Cc1cccc2c1N(S(=O)(=O)CC[C@H]1CCCO1)CC2. The average molecular weight is 295 g/mol. The van der Waals surface area contributed by atoms with Crippen LogP contribution in [0.25, 0.3) is 0 Å². The summed E-state index contributed by atoms with van der Waals surface area (Å²) < 4.78 is 32.3. The Hall–Kier alpha value is -1.07. The minimum Gasteiger partial charge on any atom is -0.378 e. The topological polar surface area (TPSA) is 46.6 Å². The molecule has 0 bridgehead atoms. The molecule has 1 atom stereocenters. The van der Waals surface area contributed by atoms with Crippen molar-refractivity contribution in [2.45, 2.75) is 38.7 Å². The summed E-state index contributed by atoms with van der Waals surface area (Å²) >= 11 is 0. The summed E-state index contributed by atoms with van der Waals surface area (Å²) in [6.45, 7) is 3.33. The fraction of sp³-hybridized carbons (Fsp3) is 0.600. The Morgan fingerprint density at radius 3 is 3.00 bits per heavy atom. The standard InChI is InChI=1S/C15H21NO3S/c1-12-4-2-5-13-7-9-16(15(12)13)20(17,18)11-8-14-6-3-10-19-14/h2,4-5,14H,3,6-11H2,1H3/t14-/m1/s1. The molecule has 4 nitrogen and oxygen atoms in total. The third-order valence-corrected chi connectivity index (χ3v) is 6.00. The van der Waals surface area contributed by atoms with E-state index in [9.17, 15) is 8.42 Å². The lowest BCUT2D eigenvalue weighted by Crippen LogP contribution is -2.33. The molecule has 1 saturated heterocycles. The molecule has 110 valence electrons. The van der Waals surface area contributed by atoms with Crippen molar-refractivity contribution in [2.24, 2.45) is 0 Å². The summed E-state index contributed by atoms with van der Waals surface area (Å²) in [5, 5.41) is 0. The van der Waals surface area contributed by atoms with Crippen LogP contribution in [0.1, 0.15) is 30.4 Å². The monoisotopic (exact) mass is 295 g/mol. The van der Waals surface area contributed by atoms with Gasteiger partial charge in [-0.15, -0.1) is 0 Å². The van der Waals surface area contributed by atoms with E-state index in [-0.39, 0.29) is 11.9 Å². The number of hydrogen-bond acceptors (Lipinski definition) is 3. The Labute approximate surface area is 120 Å². The van der Waals surface area contributed by atoms with E-state index < -0.39 is 10.0 Å². The van der Waals surface area contributed by atoms with Gasteiger partial charge in [0.05, 0.1) is 17.5 Å². The van der Waals surface area contributed by atoms with Crippen LogP contribution in [-0.2, 0) is 21.2 Å². The van der Waals surface area contributed by atoms with E-state index in [1.807, 2.05) is 25.1 Å². The van der Waals surface area contributed by atoms with Gasteiger partial charge in [-0.2, -0.15) is 0 Å². The third kappa shape index (κ3) is 2.56. The van der Waals surface area contributed by atoms with Crippen LogP contribution in [0, 0.1) is 6.92 Å². The molecule has 1 aromatic rings. The largest absolute Gasteiger partial charge is 0.378 e. The molecule has 1 fully saturated rings. The maximum absolute atomic E-state index is 12.6. The molecule has 0 N–H and O–H groups in total. The van der Waals surface area contributed by atoms with Crippen LogP contribution in [0.4, 0.5) is 5.69 Å². The van der Waals surface area contributed by atoms with E-state index in [1.165, 1.54) is 0 Å². The van der Waals surface area contributed by atoms with Crippen molar-refractivity contribution < 1.29 is 13.2 Å². The normalized spacial score (nSPS) is 22.2. The Morgan fingerprint density at radius 1 is 1.40 bits per heavy atom. The Bertz CT molecular complexity index is 591. The van der Waals surface area contributed by atoms with E-state index in [2.05, 4.69) is 0 Å². The molecule has 5 heteroatoms. The van der Waals surface area contributed by atoms with Gasteiger partial charge < -0.3 is 4.74 Å². The molecule has 0 radical (unpaired) electrons. The number of fused-ring (bicyclic) bond motifs is 1. The molecule has 0 unspecified atom stereocenters. The van der Waals surface area contributed by atoms with Gasteiger partial charge in [0.2, 0.25) is 10.0 Å². The number of rotatable bonds is 4. The highest BCUT2D eigenvalue weighted by molar-refractivity contribution is 7.92. The van der Waals surface area contributed by atoms with E-state index in [0.717, 1.165) is 42.7 Å². The van der Waals surface area contributed by atoms with Crippen molar-refractivity contribution in [1.29, 1.82) is 0 Å². The predicted molar refractivity (Wildman–Crippen MR) is 79.6 cm³/mol. The Kier molecular flexibility index (Phi) is 3.73. The van der Waals surface area contributed by atoms with Gasteiger partial charge in [0, 0.05) is 13.2 Å². The van der Waals surface area contributed by atoms with Gasteiger partial charge in [0.1, 0.15) is 0 Å². The maximum atomic E-state index is 12.6. The molecule has 0 aliphatic carbocycles. The molecular formula is C15H21NO3S. The first-order chi connectivity index (χ1) is 9.58. The maximum Gasteiger partial charge on any atom is 0.235 e. The minimum atomic E-state index is -3.23. The van der Waals surface area contributed by atoms with Gasteiger partial charge in [-0.05, 0) is 43.7 Å². The molecule has 2 aliphatic heterocycles. The summed E-state index contributed by atoms with van der Waals surface area (Å²) in [5.41, 5.74) is 3.09. The predicted octanol–water partition coefficient (Wildman–Crippen LogP) is 2.26. The van der Waals surface area contributed by atoms with E-state index in [1.54, 1.807) is 4.31 Å². The lowest BCUT2D eigenvalue weighted by molar-refractivity contribution is 0.109. The Balaban J connectivity index is 1.76. The van der Waals surface area contributed by atoms with Gasteiger partial charge in [-0.3, -0.25) is 4.31 Å². The summed E-state index contributed by atoms with van der Waals surface area (Å²) in [6.07, 6.45) is 3.60. The van der Waals surface area contributed by atoms with Gasteiger partial charge in [0.25, 0.3) is 0 Å². The lowest BCUT2D eigenvalue weighted by Gasteiger charge is -2.22. The van der Waals surface area contributed by atoms with Crippen LogP contribution in [-0.4, -0.2) is 33.4 Å². The molecule has 20 heavy (non-hydrogen) atoms. The molecule has 3 rings (SSSR count). The molecule has 0 amide bonds. The average Bonchev–Trinajstić information content (AvgIpc) is 3.06. The highest BCUT2D eigenvalue weighted by Gasteiger charge is 2.31. The van der Waals surface area contributed by atoms with E-state index >= 15 is 0 Å². The van der Waals surface area contributed by atoms with Gasteiger partial charge >= 0.3 is 0 Å². The zero-order chi connectivity index (χ0) is 14.2. The van der Waals surface area contributed by atoms with Crippen molar-refractivity contribution in [3.8, 4) is 0 Å². The van der Waals surface area contributed by atoms with Crippen molar-refractivity contribution in [1.82, 2.24) is 0 Å². The van der Waals surface area contributed by atoms with Gasteiger partial charge in [-0.1, -0.05) is 18.2 Å². The van der Waals surface area contributed by atoms with Crippen LogP contribution in [0.2, 0.25) is 0 Å². The summed E-state index contributed by atoms with van der Waals surface area (Å²) in [6, 6.07) is 6.00. The number of benzene rings is 1. The minimum absolute atomic E-state index is 0.128. The number of sulfonamides is 1. The van der Waals surface area contributed by atoms with E-state index in [0.29, 0.717) is 13.0 Å². The summed E-state index contributed by atoms with van der Waals surface area (Å²) in [5.74, 6) is 0.186. The van der Waals surface area contributed by atoms with Crippen molar-refractivity contribution in [3.63, 3.8) is 0 Å². The van der Waals surface area contributed by atoms with Crippen LogP contribution >= 0.6 is 0 Å². The molecule has 2 aliphatic rings. The number of para-hydroxylation sites is 1. The fourth-order valence-corrected chi connectivity index (χ4v) is 4.84. The van der Waals surface area contributed by atoms with Gasteiger partial charge in [0.15, 0.2) is 0 Å². The first-order valence-corrected chi connectivity index (χ1v) is 8.89. The zero-order valence-corrected chi connectivity index (χ0v) is 12.7. The molecule has 0 aromatic heterocycles. The Morgan fingerprint density at radius 2 is 2.25 bits per heavy atom. The van der Waals surface area contributed by atoms with Crippen LogP contribution < -0.4 is 4.31 Å². The zero-order valence-electron chi connectivity index (χ0n) is 11.8. The molecule has 2 heterocycles. The highest BCUT2D eigenvalue weighted by Crippen LogP contribution is 2.34. The second-order valence-corrected chi connectivity index (χ2v) is 7.66. The molecule has 0 saturated carbocycles. The van der Waals surface area contributed by atoms with Crippen LogP contribution in [0.15, 0.2) is 18.2 Å². The van der Waals surface area contributed by atoms with E-state index in [4.69, 9.17) is 4.74 Å². The van der Waals surface area contributed by atoms with Crippen molar-refractivity contribution in [3.05, 3.63) is 29.3 Å². The lowest BCUT2D eigenvalue weighted by atomic mass is 10.1. The van der Waals surface area contributed by atoms with Crippen LogP contribution in [0.3, 0.4) is 0 Å². The number of aryl methyl sites for hydroxylation is 1. The molecular weight excluding hydrogens is 274 g/mol. The summed E-state index contributed by atoms with van der Waals surface area (Å²) in [4.78, 5) is 0. The highest BCUT2D eigenvalue weighted by atomic mass is 32.2. The second kappa shape index (κ2) is 5.37. The first kappa shape index (κ1) is 13.9. The van der Waals surface area contributed by atoms with Crippen molar-refractivity contribution >= 4 is 15.7 Å². The number of hydrogen-bond donors (Lipinski definition) is 0. The first-order valence-electron chi connectivity index (χ1n) is 7.28. The van der Waals surface area contributed by atoms with Crippen LogP contribution in [0.5, 0.6) is 0 Å². The second-order valence-electron chi connectivity index (χ2n) is 5.64. The van der Waals surface area contributed by atoms with Gasteiger partial charge in [-0.25, -0.2) is 8.42 Å². The molecule has 0 spiro atoms. The number of nitrogens with zero attached hydrogens (tertiary/aromatic N) is 1. The smallest absolute Gasteiger partial charge is 0.235 e. The quantitative estimate of drug-likeness (QED) is 0.856. The number of ether oxygens (including phenoxy) is 1. The number of anilines is 1. The third-order valence-electron chi connectivity index (χ3n) is 4.21. The fourth-order valence-electron chi connectivity index (χ4n) is 3.15.